The smallest absolute Gasteiger partial charge is 0.342 e. The molecule has 5 heteroatoms. The van der Waals surface area contributed by atoms with Gasteiger partial charge in [0.15, 0.2) is 0 Å². The fourth-order valence-electron chi connectivity index (χ4n) is 2.78. The van der Waals surface area contributed by atoms with Crippen LogP contribution in [0.4, 0.5) is 0 Å². The molecular weight excluding hydrogens is 344 g/mol. The highest BCUT2D eigenvalue weighted by Crippen LogP contribution is 2.27. The van der Waals surface area contributed by atoms with E-state index in [1.165, 1.54) is 6.07 Å². The molecule has 0 radical (unpaired) electrons. The number of ether oxygens (including phenoxy) is 2. The fourth-order valence-corrected chi connectivity index (χ4v) is 2.78. The molecule has 0 aliphatic carbocycles. The van der Waals surface area contributed by atoms with Gasteiger partial charge in [0.05, 0.1) is 0 Å². The van der Waals surface area contributed by atoms with Gasteiger partial charge in [-0.3, -0.25) is 0 Å². The molecule has 0 aromatic heterocycles. The summed E-state index contributed by atoms with van der Waals surface area (Å²) in [6, 6.07) is 20.1. The molecule has 3 rings (SSSR count). The van der Waals surface area contributed by atoms with Crippen molar-refractivity contribution in [2.75, 3.05) is 13.2 Å². The molecule has 3 aromatic carbocycles. The highest BCUT2D eigenvalue weighted by Gasteiger charge is 2.17. The zero-order valence-electron chi connectivity index (χ0n) is 14.9. The molecule has 0 saturated carbocycles. The third-order valence-corrected chi connectivity index (χ3v) is 4.03. The van der Waals surface area contributed by atoms with E-state index in [0.29, 0.717) is 11.3 Å². The van der Waals surface area contributed by atoms with E-state index < -0.39 is 5.97 Å². The Labute approximate surface area is 157 Å². The van der Waals surface area contributed by atoms with Crippen molar-refractivity contribution in [3.63, 3.8) is 0 Å². The molecule has 0 fully saturated rings. The van der Waals surface area contributed by atoms with E-state index in [4.69, 9.17) is 9.47 Å². The third kappa shape index (κ3) is 4.58. The van der Waals surface area contributed by atoms with Gasteiger partial charge in [-0.1, -0.05) is 42.5 Å². The summed E-state index contributed by atoms with van der Waals surface area (Å²) in [7, 11) is 0. The molecular formula is C22H20O5. The number of esters is 1. The Morgan fingerprint density at radius 3 is 2.37 bits per heavy atom. The van der Waals surface area contributed by atoms with Crippen molar-refractivity contribution >= 4 is 5.97 Å². The molecule has 0 spiro atoms. The summed E-state index contributed by atoms with van der Waals surface area (Å²) in [5.74, 6) is -0.403. The largest absolute Gasteiger partial charge is 0.508 e. The normalized spacial score (nSPS) is 10.4. The fraction of sp³-hybridized carbons (Fsp3) is 0.136. The molecule has 3 aromatic rings. The van der Waals surface area contributed by atoms with Crippen LogP contribution in [0.2, 0.25) is 0 Å². The standard InChI is InChI=1S/C22H20O5/c1-15-12-18(23)14-20(24)21(15)22(25)27-11-10-26-19-9-5-8-17(13-19)16-6-3-2-4-7-16/h2-9,12-14,23-24H,10-11H2,1H3. The SMILES string of the molecule is Cc1cc(O)cc(O)c1C(=O)OCCOc1cccc(-c2ccccc2)c1. The van der Waals surface area contributed by atoms with E-state index in [9.17, 15) is 15.0 Å². The molecule has 0 bridgehead atoms. The number of aryl methyl sites for hydroxylation is 1. The first-order valence-electron chi connectivity index (χ1n) is 8.52. The van der Waals surface area contributed by atoms with Gasteiger partial charge < -0.3 is 19.7 Å². The first-order chi connectivity index (χ1) is 13.0. The quantitative estimate of drug-likeness (QED) is 0.503. The average Bonchev–Trinajstić information content (AvgIpc) is 2.65. The van der Waals surface area contributed by atoms with Crippen molar-refractivity contribution in [1.29, 1.82) is 0 Å². The Morgan fingerprint density at radius 1 is 0.889 bits per heavy atom. The number of carbonyl (C=O) groups excluding carboxylic acids is 1. The van der Waals surface area contributed by atoms with Gasteiger partial charge in [0.25, 0.3) is 0 Å². The van der Waals surface area contributed by atoms with Crippen molar-refractivity contribution in [3.05, 3.63) is 77.9 Å². The molecule has 27 heavy (non-hydrogen) atoms. The lowest BCUT2D eigenvalue weighted by molar-refractivity contribution is 0.0446. The molecule has 5 nitrogen and oxygen atoms in total. The van der Waals surface area contributed by atoms with Crippen molar-refractivity contribution < 1.29 is 24.5 Å². The molecule has 0 amide bonds. The molecule has 0 unspecified atom stereocenters. The Bertz CT molecular complexity index is 911. The third-order valence-electron chi connectivity index (χ3n) is 4.03. The minimum atomic E-state index is -0.661. The lowest BCUT2D eigenvalue weighted by Crippen LogP contribution is -2.13. The number of hydrogen-bond acceptors (Lipinski definition) is 5. The van der Waals surface area contributed by atoms with E-state index in [1.807, 2.05) is 54.6 Å². The molecule has 0 atom stereocenters. The maximum Gasteiger partial charge on any atom is 0.342 e. The molecule has 0 heterocycles. The minimum Gasteiger partial charge on any atom is -0.508 e. The zero-order valence-corrected chi connectivity index (χ0v) is 14.9. The van der Waals surface area contributed by atoms with Gasteiger partial charge in [-0.25, -0.2) is 4.79 Å². The molecule has 0 aliphatic heterocycles. The molecule has 0 aliphatic rings. The Balaban J connectivity index is 1.56. The van der Waals surface area contributed by atoms with Crippen LogP contribution in [0.1, 0.15) is 15.9 Å². The van der Waals surface area contributed by atoms with Crippen LogP contribution in [-0.2, 0) is 4.74 Å². The maximum absolute atomic E-state index is 12.1. The van der Waals surface area contributed by atoms with Crippen LogP contribution in [-0.4, -0.2) is 29.4 Å². The summed E-state index contributed by atoms with van der Waals surface area (Å²) in [4.78, 5) is 12.1. The van der Waals surface area contributed by atoms with Crippen molar-refractivity contribution in [2.45, 2.75) is 6.92 Å². The van der Waals surface area contributed by atoms with Gasteiger partial charge in [0.1, 0.15) is 36.0 Å². The van der Waals surface area contributed by atoms with E-state index in [2.05, 4.69) is 0 Å². The summed E-state index contributed by atoms with van der Waals surface area (Å²) in [5, 5.41) is 19.2. The first kappa shape index (κ1) is 18.3. The number of carbonyl (C=O) groups is 1. The summed E-state index contributed by atoms with van der Waals surface area (Å²) in [6.45, 7) is 1.83. The van der Waals surface area contributed by atoms with Crippen LogP contribution in [0.3, 0.4) is 0 Å². The zero-order chi connectivity index (χ0) is 19.2. The number of phenolic OH excluding ortho intramolecular Hbond substituents is 2. The summed E-state index contributed by atoms with van der Waals surface area (Å²) >= 11 is 0. The van der Waals surface area contributed by atoms with Crippen LogP contribution < -0.4 is 4.74 Å². The number of aromatic hydroxyl groups is 2. The van der Waals surface area contributed by atoms with E-state index in [1.54, 1.807) is 6.92 Å². The van der Waals surface area contributed by atoms with Gasteiger partial charge in [-0.15, -0.1) is 0 Å². The minimum absolute atomic E-state index is 0.0359. The van der Waals surface area contributed by atoms with Crippen molar-refractivity contribution in [3.8, 4) is 28.4 Å². The highest BCUT2D eigenvalue weighted by molar-refractivity contribution is 5.94. The Hall–Kier alpha value is -3.47. The number of phenols is 2. The monoisotopic (exact) mass is 364 g/mol. The van der Waals surface area contributed by atoms with Crippen LogP contribution >= 0.6 is 0 Å². The summed E-state index contributed by atoms with van der Waals surface area (Å²) in [6.07, 6.45) is 0. The molecule has 0 saturated heterocycles. The van der Waals surface area contributed by atoms with E-state index >= 15 is 0 Å². The van der Waals surface area contributed by atoms with Crippen LogP contribution in [0.5, 0.6) is 17.2 Å². The lowest BCUT2D eigenvalue weighted by Gasteiger charge is -2.11. The average molecular weight is 364 g/mol. The second kappa shape index (κ2) is 8.27. The van der Waals surface area contributed by atoms with E-state index in [-0.39, 0.29) is 30.3 Å². The number of rotatable bonds is 6. The Morgan fingerprint density at radius 2 is 1.63 bits per heavy atom. The van der Waals surface area contributed by atoms with E-state index in [0.717, 1.165) is 17.2 Å². The predicted octanol–water partition coefficient (Wildman–Crippen LogP) is 4.31. The van der Waals surface area contributed by atoms with Crippen molar-refractivity contribution in [1.82, 2.24) is 0 Å². The van der Waals surface area contributed by atoms with Crippen LogP contribution in [0.25, 0.3) is 11.1 Å². The summed E-state index contributed by atoms with van der Waals surface area (Å²) in [5.41, 5.74) is 2.61. The second-order valence-electron chi connectivity index (χ2n) is 6.04. The topological polar surface area (TPSA) is 76.0 Å². The number of hydrogen-bond donors (Lipinski definition) is 2. The molecule has 138 valence electrons. The van der Waals surface area contributed by atoms with Gasteiger partial charge in [-0.2, -0.15) is 0 Å². The number of benzene rings is 3. The van der Waals surface area contributed by atoms with Gasteiger partial charge in [0.2, 0.25) is 0 Å². The van der Waals surface area contributed by atoms with Gasteiger partial charge in [-0.05, 0) is 41.8 Å². The maximum atomic E-state index is 12.1. The van der Waals surface area contributed by atoms with Crippen LogP contribution in [0, 0.1) is 6.92 Å². The Kier molecular flexibility index (Phi) is 5.61. The van der Waals surface area contributed by atoms with Crippen LogP contribution in [0.15, 0.2) is 66.7 Å². The predicted molar refractivity (Wildman–Crippen MR) is 102 cm³/mol. The van der Waals surface area contributed by atoms with Gasteiger partial charge in [0, 0.05) is 6.07 Å². The lowest BCUT2D eigenvalue weighted by atomic mass is 10.1. The highest BCUT2D eigenvalue weighted by atomic mass is 16.6. The molecule has 2 N–H and O–H groups in total. The summed E-state index contributed by atoms with van der Waals surface area (Å²) < 4.78 is 10.8. The first-order valence-corrected chi connectivity index (χ1v) is 8.52. The second-order valence-corrected chi connectivity index (χ2v) is 6.04. The van der Waals surface area contributed by atoms with Gasteiger partial charge >= 0.3 is 5.97 Å². The van der Waals surface area contributed by atoms with Crippen molar-refractivity contribution in [2.24, 2.45) is 0 Å².